The third kappa shape index (κ3) is 12.5. The Morgan fingerprint density at radius 2 is 0.384 bits per heavy atom. The summed E-state index contributed by atoms with van der Waals surface area (Å²) in [7, 11) is 0. The van der Waals surface area contributed by atoms with Crippen LogP contribution in [0.1, 0.15) is 0 Å². The van der Waals surface area contributed by atoms with Gasteiger partial charge in [-0.05, 0) is 173 Å². The van der Waals surface area contributed by atoms with Crippen molar-refractivity contribution in [3.05, 3.63) is 425 Å². The zero-order chi connectivity index (χ0) is 74.3. The maximum atomic E-state index is 5.29. The van der Waals surface area contributed by atoms with Crippen molar-refractivity contribution in [3.8, 4) is 135 Å². The lowest BCUT2D eigenvalue weighted by Gasteiger charge is -2.18. The van der Waals surface area contributed by atoms with Gasteiger partial charge in [-0.1, -0.05) is 394 Å². The Balaban J connectivity index is 0.000000146. The monoisotopic (exact) mass is 1420 g/mol. The molecule has 21 rings (SSSR count). The summed E-state index contributed by atoms with van der Waals surface area (Å²) >= 11 is 0. The fraction of sp³-hybridized carbons (Fsp3) is 0. The van der Waals surface area contributed by atoms with Crippen molar-refractivity contribution in [2.24, 2.45) is 0 Å². The van der Waals surface area contributed by atoms with Gasteiger partial charge in [-0.2, -0.15) is 0 Å². The predicted octanol–water partition coefficient (Wildman–Crippen LogP) is 29.0. The number of hydrogen-bond acceptors (Lipinski definition) is 4. The molecule has 112 heavy (non-hydrogen) atoms. The van der Waals surface area contributed by atoms with E-state index < -0.39 is 0 Å². The normalized spacial score (nSPS) is 11.4. The highest BCUT2D eigenvalue weighted by Gasteiger charge is 2.22. The van der Waals surface area contributed by atoms with Crippen molar-refractivity contribution in [2.75, 3.05) is 0 Å². The molecule has 0 atom stereocenters. The Morgan fingerprint density at radius 3 is 0.786 bits per heavy atom. The molecule has 0 spiro atoms. The Kier molecular flexibility index (Phi) is 17.3. The fourth-order valence-electron chi connectivity index (χ4n) is 16.7. The van der Waals surface area contributed by atoms with E-state index in [1.54, 1.807) is 0 Å². The molecule has 0 unspecified atom stereocenters. The van der Waals surface area contributed by atoms with Gasteiger partial charge >= 0.3 is 0 Å². The van der Waals surface area contributed by atoms with Gasteiger partial charge in [0, 0.05) is 33.4 Å². The number of aromatic nitrogens is 4. The van der Waals surface area contributed by atoms with Crippen molar-refractivity contribution in [2.45, 2.75) is 0 Å². The molecule has 0 saturated carbocycles. The zero-order valence-corrected chi connectivity index (χ0v) is 61.2. The second kappa shape index (κ2) is 29.0. The summed E-state index contributed by atoms with van der Waals surface area (Å²) in [6.07, 6.45) is 0. The van der Waals surface area contributed by atoms with Gasteiger partial charge in [0.15, 0.2) is 11.6 Å². The van der Waals surface area contributed by atoms with Crippen LogP contribution in [0.2, 0.25) is 0 Å². The highest BCUT2D eigenvalue weighted by molar-refractivity contribution is 6.23. The first-order valence-electron chi connectivity index (χ1n) is 38.2. The number of benzene rings is 19. The van der Waals surface area contributed by atoms with Crippen LogP contribution in [-0.4, -0.2) is 19.9 Å². The van der Waals surface area contributed by atoms with E-state index >= 15 is 0 Å². The van der Waals surface area contributed by atoms with Gasteiger partial charge in [-0.3, -0.25) is 0 Å². The van der Waals surface area contributed by atoms with Gasteiger partial charge in [0.2, 0.25) is 0 Å². The fourth-order valence-corrected chi connectivity index (χ4v) is 16.7. The average Bonchev–Trinajstić information content (AvgIpc) is 0.736. The topological polar surface area (TPSA) is 51.6 Å². The van der Waals surface area contributed by atoms with Gasteiger partial charge in [0.05, 0.1) is 22.8 Å². The standard InChI is InChI=1S/C56H36N2.C52H34N2/c1-3-16-38(17-4-1)52-36-53(39-32-30-37(31-33-39)51-35-41-20-7-8-23-44(41)45-24-9-10-25-46(45)51)58-56(57-52)43-22-15-21-42(34-43)55-49-28-13-11-26-47(49)54(40-18-5-2-6-19-40)48-27-12-14-29-50(48)55;1-3-16-37(17-4-1)48-34-49(38-31-29-36(30-32-38)43-28-14-20-35-15-7-8-23-42(35)43)54-52(53-48)41-22-13-21-40(33-41)51-46-26-11-9-24-44(46)50(39-18-5-2-6-19-39)45-25-10-12-27-47(45)51/h1-36H;1-34H. The molecule has 0 aliphatic heterocycles. The molecule has 0 radical (unpaired) electrons. The van der Waals surface area contributed by atoms with Crippen molar-refractivity contribution >= 4 is 75.4 Å². The largest absolute Gasteiger partial charge is 0.228 e. The van der Waals surface area contributed by atoms with E-state index in [0.717, 1.165) is 67.3 Å². The van der Waals surface area contributed by atoms with Crippen LogP contribution in [0.3, 0.4) is 0 Å². The van der Waals surface area contributed by atoms with Gasteiger partial charge in [-0.25, -0.2) is 19.9 Å². The van der Waals surface area contributed by atoms with Crippen molar-refractivity contribution in [3.63, 3.8) is 0 Å². The third-order valence-corrected chi connectivity index (χ3v) is 21.9. The highest BCUT2D eigenvalue weighted by Crippen LogP contribution is 2.47. The molecule has 0 bridgehead atoms. The molecule has 0 aliphatic carbocycles. The van der Waals surface area contributed by atoms with E-state index in [1.165, 1.54) is 131 Å². The van der Waals surface area contributed by atoms with Gasteiger partial charge in [-0.15, -0.1) is 0 Å². The lowest BCUT2D eigenvalue weighted by molar-refractivity contribution is 1.18. The number of hydrogen-bond donors (Lipinski definition) is 0. The molecule has 0 amide bonds. The van der Waals surface area contributed by atoms with Crippen LogP contribution in [0.5, 0.6) is 0 Å². The molecule has 19 aromatic carbocycles. The molecule has 0 aliphatic rings. The summed E-state index contributed by atoms with van der Waals surface area (Å²) < 4.78 is 0. The highest BCUT2D eigenvalue weighted by atomic mass is 14.9. The van der Waals surface area contributed by atoms with Crippen LogP contribution in [-0.2, 0) is 0 Å². The number of rotatable bonds is 12. The van der Waals surface area contributed by atoms with Crippen LogP contribution in [0.15, 0.2) is 425 Å². The average molecular weight is 1420 g/mol. The van der Waals surface area contributed by atoms with Crippen molar-refractivity contribution < 1.29 is 0 Å². The summed E-state index contributed by atoms with van der Waals surface area (Å²) in [6, 6.07) is 152. The lowest BCUT2D eigenvalue weighted by Crippen LogP contribution is -1.96. The van der Waals surface area contributed by atoms with Crippen LogP contribution in [0.4, 0.5) is 0 Å². The lowest BCUT2D eigenvalue weighted by atomic mass is 9.85. The minimum Gasteiger partial charge on any atom is -0.228 e. The van der Waals surface area contributed by atoms with E-state index in [1.807, 2.05) is 12.1 Å². The molecule has 2 aromatic heterocycles. The molecule has 4 nitrogen and oxygen atoms in total. The summed E-state index contributed by atoms with van der Waals surface area (Å²) in [6.45, 7) is 0. The minimum atomic E-state index is 0.692. The van der Waals surface area contributed by atoms with Gasteiger partial charge in [0.25, 0.3) is 0 Å². The minimum absolute atomic E-state index is 0.692. The number of fused-ring (bicyclic) bond motifs is 8. The molecule has 21 aromatic rings. The molecule has 522 valence electrons. The maximum Gasteiger partial charge on any atom is 0.160 e. The zero-order valence-electron chi connectivity index (χ0n) is 61.2. The summed E-state index contributed by atoms with van der Waals surface area (Å²) in [5, 5.41) is 17.3. The third-order valence-electron chi connectivity index (χ3n) is 21.9. The summed E-state index contributed by atoms with van der Waals surface area (Å²) in [4.78, 5) is 21.0. The summed E-state index contributed by atoms with van der Waals surface area (Å²) in [5.41, 5.74) is 24.1. The Bertz CT molecular complexity index is 7020. The first-order valence-corrected chi connectivity index (χ1v) is 38.2. The maximum absolute atomic E-state index is 5.29. The van der Waals surface area contributed by atoms with E-state index in [9.17, 15) is 0 Å². The SMILES string of the molecule is c1ccc(-c2cc(-c3ccc(-c4cc5ccccc5c5ccccc45)cc3)nc(-c3cccc(-c4c5ccccc5c(-c5ccccc5)c5ccccc45)c3)n2)cc1.c1ccc(-c2cc(-c3ccc(-c4cccc5ccccc45)cc3)nc(-c3cccc(-c4c5ccccc5c(-c5ccccc5)c5ccccc45)c3)n2)cc1. The second-order valence-electron chi connectivity index (χ2n) is 28.6. The Hall–Kier alpha value is -14.8. The van der Waals surface area contributed by atoms with E-state index in [4.69, 9.17) is 19.9 Å². The predicted molar refractivity (Wildman–Crippen MR) is 472 cm³/mol. The van der Waals surface area contributed by atoms with E-state index in [-0.39, 0.29) is 0 Å². The first-order chi connectivity index (χ1) is 55.5. The smallest absolute Gasteiger partial charge is 0.160 e. The number of nitrogens with zero attached hydrogens (tertiary/aromatic N) is 4. The molecular formula is C108H70N4. The van der Waals surface area contributed by atoms with Crippen molar-refractivity contribution in [1.29, 1.82) is 0 Å². The molecule has 4 heteroatoms. The molecular weight excluding hydrogens is 1350 g/mol. The molecule has 0 N–H and O–H groups in total. The van der Waals surface area contributed by atoms with Crippen LogP contribution >= 0.6 is 0 Å². The Labute approximate surface area is 650 Å². The molecule has 0 saturated heterocycles. The second-order valence-corrected chi connectivity index (χ2v) is 28.6. The van der Waals surface area contributed by atoms with Crippen LogP contribution < -0.4 is 0 Å². The first kappa shape index (κ1) is 66.6. The van der Waals surface area contributed by atoms with Gasteiger partial charge < -0.3 is 0 Å². The van der Waals surface area contributed by atoms with Crippen molar-refractivity contribution in [1.82, 2.24) is 19.9 Å². The molecule has 0 fully saturated rings. The Morgan fingerprint density at radius 1 is 0.125 bits per heavy atom. The van der Waals surface area contributed by atoms with E-state index in [0.29, 0.717) is 11.6 Å². The van der Waals surface area contributed by atoms with Crippen LogP contribution in [0, 0.1) is 0 Å². The van der Waals surface area contributed by atoms with Gasteiger partial charge in [0.1, 0.15) is 0 Å². The summed E-state index contributed by atoms with van der Waals surface area (Å²) in [5.74, 6) is 1.39. The van der Waals surface area contributed by atoms with E-state index in [2.05, 4.69) is 413 Å². The molecule has 2 heterocycles. The quantitative estimate of drug-likeness (QED) is 0.0903. The van der Waals surface area contributed by atoms with Crippen LogP contribution in [0.25, 0.3) is 210 Å².